The molecule has 16 heavy (non-hydrogen) atoms. The fourth-order valence-electron chi connectivity index (χ4n) is 1.90. The molecule has 1 aromatic rings. The first-order chi connectivity index (χ1) is 7.58. The van der Waals surface area contributed by atoms with E-state index in [1.807, 2.05) is 0 Å². The van der Waals surface area contributed by atoms with Gasteiger partial charge in [-0.1, -0.05) is 6.07 Å². The molecule has 0 unspecified atom stereocenters. The lowest BCUT2D eigenvalue weighted by Gasteiger charge is -2.07. The van der Waals surface area contributed by atoms with Crippen molar-refractivity contribution in [3.05, 3.63) is 41.2 Å². The van der Waals surface area contributed by atoms with Crippen molar-refractivity contribution >= 4 is 11.5 Å². The molecule has 0 saturated carbocycles. The van der Waals surface area contributed by atoms with Crippen molar-refractivity contribution in [2.24, 2.45) is 0 Å². The molecule has 0 heterocycles. The molecule has 0 N–H and O–H groups in total. The van der Waals surface area contributed by atoms with Gasteiger partial charge in [-0.3, -0.25) is 4.79 Å². The van der Waals surface area contributed by atoms with Gasteiger partial charge < -0.3 is 4.90 Å². The standard InChI is InChI=1S/C13H14FNO/c1-15(2)13(16)7-10-4-3-9-5-6-11(14)8-12(9)10/h5-8H,3-4H2,1-2H3. The van der Waals surface area contributed by atoms with E-state index in [9.17, 15) is 9.18 Å². The third kappa shape index (κ3) is 1.98. The summed E-state index contributed by atoms with van der Waals surface area (Å²) in [5, 5.41) is 0. The van der Waals surface area contributed by atoms with Crippen LogP contribution >= 0.6 is 0 Å². The molecule has 2 rings (SSSR count). The fraction of sp³-hybridized carbons (Fsp3) is 0.308. The lowest BCUT2D eigenvalue weighted by atomic mass is 10.1. The van der Waals surface area contributed by atoms with Gasteiger partial charge in [-0.15, -0.1) is 0 Å². The molecule has 0 saturated heterocycles. The van der Waals surface area contributed by atoms with Gasteiger partial charge in [-0.25, -0.2) is 4.39 Å². The Kier molecular flexibility index (Phi) is 2.77. The highest BCUT2D eigenvalue weighted by Crippen LogP contribution is 2.32. The Labute approximate surface area is 94.4 Å². The summed E-state index contributed by atoms with van der Waals surface area (Å²) >= 11 is 0. The molecule has 0 fully saturated rings. The maximum absolute atomic E-state index is 13.1. The average Bonchev–Trinajstić information content (AvgIpc) is 2.61. The number of carbonyl (C=O) groups is 1. The van der Waals surface area contributed by atoms with Crippen molar-refractivity contribution in [1.82, 2.24) is 4.90 Å². The zero-order valence-electron chi connectivity index (χ0n) is 9.46. The molecule has 0 atom stereocenters. The molecule has 1 aliphatic carbocycles. The van der Waals surface area contributed by atoms with E-state index in [0.29, 0.717) is 0 Å². The van der Waals surface area contributed by atoms with Crippen molar-refractivity contribution in [1.29, 1.82) is 0 Å². The van der Waals surface area contributed by atoms with Crippen molar-refractivity contribution in [3.8, 4) is 0 Å². The first-order valence-electron chi connectivity index (χ1n) is 5.28. The van der Waals surface area contributed by atoms with Crippen molar-refractivity contribution in [3.63, 3.8) is 0 Å². The molecule has 1 aliphatic rings. The van der Waals surface area contributed by atoms with Crippen LogP contribution in [-0.2, 0) is 11.2 Å². The van der Waals surface area contributed by atoms with Crippen LogP contribution in [0.3, 0.4) is 0 Å². The van der Waals surface area contributed by atoms with E-state index in [1.54, 1.807) is 26.2 Å². The maximum Gasteiger partial charge on any atom is 0.246 e. The smallest absolute Gasteiger partial charge is 0.246 e. The van der Waals surface area contributed by atoms with E-state index in [0.717, 1.165) is 29.5 Å². The normalized spacial score (nSPS) is 16.3. The van der Waals surface area contributed by atoms with Crippen LogP contribution < -0.4 is 0 Å². The van der Waals surface area contributed by atoms with Crippen LogP contribution in [0.25, 0.3) is 5.57 Å². The Morgan fingerprint density at radius 3 is 2.81 bits per heavy atom. The van der Waals surface area contributed by atoms with Gasteiger partial charge in [0.2, 0.25) is 5.91 Å². The summed E-state index contributed by atoms with van der Waals surface area (Å²) in [4.78, 5) is 13.1. The van der Waals surface area contributed by atoms with Crippen LogP contribution in [0.5, 0.6) is 0 Å². The van der Waals surface area contributed by atoms with E-state index >= 15 is 0 Å². The number of halogens is 1. The summed E-state index contributed by atoms with van der Waals surface area (Å²) in [5.41, 5.74) is 2.95. The first kappa shape index (κ1) is 10.9. The van der Waals surface area contributed by atoms with E-state index < -0.39 is 0 Å². The van der Waals surface area contributed by atoms with Crippen LogP contribution in [-0.4, -0.2) is 24.9 Å². The number of amides is 1. The van der Waals surface area contributed by atoms with Crippen LogP contribution in [0.1, 0.15) is 17.5 Å². The van der Waals surface area contributed by atoms with E-state index in [1.165, 1.54) is 17.0 Å². The molecule has 0 aliphatic heterocycles. The minimum Gasteiger partial charge on any atom is -0.345 e. The Morgan fingerprint density at radius 1 is 1.38 bits per heavy atom. The number of allylic oxidation sites excluding steroid dienone is 1. The lowest BCUT2D eigenvalue weighted by Crippen LogP contribution is -2.19. The maximum atomic E-state index is 13.1. The molecule has 2 nitrogen and oxygen atoms in total. The Hall–Kier alpha value is -1.64. The summed E-state index contributed by atoms with van der Waals surface area (Å²) in [6.45, 7) is 0. The van der Waals surface area contributed by atoms with Gasteiger partial charge in [0.25, 0.3) is 0 Å². The topological polar surface area (TPSA) is 20.3 Å². The van der Waals surface area contributed by atoms with E-state index in [4.69, 9.17) is 0 Å². The second kappa shape index (κ2) is 4.08. The number of benzene rings is 1. The third-order valence-corrected chi connectivity index (χ3v) is 2.82. The number of hydrogen-bond acceptors (Lipinski definition) is 1. The predicted octanol–water partition coefficient (Wildman–Crippen LogP) is 2.24. The predicted molar refractivity (Wildman–Crippen MR) is 61.4 cm³/mol. The minimum atomic E-state index is -0.246. The molecule has 0 bridgehead atoms. The van der Waals surface area contributed by atoms with Gasteiger partial charge >= 0.3 is 0 Å². The minimum absolute atomic E-state index is 0.0490. The van der Waals surface area contributed by atoms with Crippen LogP contribution in [0.4, 0.5) is 4.39 Å². The van der Waals surface area contributed by atoms with Gasteiger partial charge in [0.05, 0.1) is 0 Å². The first-order valence-corrected chi connectivity index (χ1v) is 5.28. The van der Waals surface area contributed by atoms with E-state index in [2.05, 4.69) is 0 Å². The van der Waals surface area contributed by atoms with Gasteiger partial charge in [-0.2, -0.15) is 0 Å². The lowest BCUT2D eigenvalue weighted by molar-refractivity contribution is -0.123. The zero-order chi connectivity index (χ0) is 11.7. The summed E-state index contributed by atoms with van der Waals surface area (Å²) in [6, 6.07) is 4.78. The van der Waals surface area contributed by atoms with Gasteiger partial charge in [-0.05, 0) is 41.7 Å². The molecule has 0 aromatic heterocycles. The number of nitrogens with zero attached hydrogens (tertiary/aromatic N) is 1. The van der Waals surface area contributed by atoms with Crippen LogP contribution in [0.15, 0.2) is 24.3 Å². The number of carbonyl (C=O) groups excluding carboxylic acids is 1. The highest BCUT2D eigenvalue weighted by atomic mass is 19.1. The molecule has 0 radical (unpaired) electrons. The van der Waals surface area contributed by atoms with Gasteiger partial charge in [0, 0.05) is 20.2 Å². The van der Waals surface area contributed by atoms with Crippen molar-refractivity contribution in [2.45, 2.75) is 12.8 Å². The summed E-state index contributed by atoms with van der Waals surface area (Å²) in [7, 11) is 3.42. The van der Waals surface area contributed by atoms with Crippen molar-refractivity contribution < 1.29 is 9.18 Å². The second-order valence-corrected chi connectivity index (χ2v) is 4.20. The summed E-state index contributed by atoms with van der Waals surface area (Å²) < 4.78 is 13.1. The van der Waals surface area contributed by atoms with E-state index in [-0.39, 0.29) is 11.7 Å². The number of rotatable bonds is 1. The molecule has 1 amide bonds. The van der Waals surface area contributed by atoms with Crippen LogP contribution in [0, 0.1) is 5.82 Å². The molecule has 1 aromatic carbocycles. The largest absolute Gasteiger partial charge is 0.345 e. The highest BCUT2D eigenvalue weighted by molar-refractivity contribution is 5.96. The fourth-order valence-corrected chi connectivity index (χ4v) is 1.90. The number of likely N-dealkylation sites (N-methyl/N-ethyl adjacent to an activating group) is 1. The van der Waals surface area contributed by atoms with Crippen LogP contribution in [0.2, 0.25) is 0 Å². The molecule has 84 valence electrons. The summed E-state index contributed by atoms with van der Waals surface area (Å²) in [5.74, 6) is -0.295. The highest BCUT2D eigenvalue weighted by Gasteiger charge is 2.17. The van der Waals surface area contributed by atoms with Gasteiger partial charge in [0.1, 0.15) is 5.82 Å². The SMILES string of the molecule is CN(C)C(=O)C=C1CCc2ccc(F)cc21. The number of hydrogen-bond donors (Lipinski definition) is 0. The molecule has 3 heteroatoms. The summed E-state index contributed by atoms with van der Waals surface area (Å²) in [6.07, 6.45) is 3.31. The molecule has 0 spiro atoms. The quantitative estimate of drug-likeness (QED) is 0.663. The number of aryl methyl sites for hydroxylation is 1. The number of fused-ring (bicyclic) bond motifs is 1. The Bertz CT molecular complexity index is 463. The Morgan fingerprint density at radius 2 is 2.12 bits per heavy atom. The third-order valence-electron chi connectivity index (χ3n) is 2.82. The monoisotopic (exact) mass is 219 g/mol. The van der Waals surface area contributed by atoms with Crippen molar-refractivity contribution in [2.75, 3.05) is 14.1 Å². The molecular formula is C13H14FNO. The molecular weight excluding hydrogens is 205 g/mol. The zero-order valence-corrected chi connectivity index (χ0v) is 9.46. The van der Waals surface area contributed by atoms with Gasteiger partial charge in [0.15, 0.2) is 0 Å². The average molecular weight is 219 g/mol. The second-order valence-electron chi connectivity index (χ2n) is 4.20. The Balaban J connectivity index is 2.36.